The van der Waals surface area contributed by atoms with Gasteiger partial charge >= 0.3 is 0 Å². The van der Waals surface area contributed by atoms with Crippen molar-refractivity contribution >= 4 is 51.9 Å². The fourth-order valence-corrected chi connectivity index (χ4v) is 3.55. The third-order valence-corrected chi connectivity index (χ3v) is 4.88. The molecule has 22 heavy (non-hydrogen) atoms. The van der Waals surface area contributed by atoms with Crippen LogP contribution in [-0.2, 0) is 11.3 Å². The molecule has 7 heteroatoms. The SMILES string of the molecule is COc1ccc(Cl)cc1N1C(=O)CN(Cc2cccs2)C1=S. The van der Waals surface area contributed by atoms with Crippen LogP contribution < -0.4 is 9.64 Å². The van der Waals surface area contributed by atoms with Crippen molar-refractivity contribution in [1.29, 1.82) is 0 Å². The first-order valence-electron chi connectivity index (χ1n) is 6.58. The molecule has 1 amide bonds. The molecule has 0 aliphatic carbocycles. The largest absolute Gasteiger partial charge is 0.495 e. The fourth-order valence-electron chi connectivity index (χ4n) is 2.34. The van der Waals surface area contributed by atoms with Gasteiger partial charge in [0.15, 0.2) is 5.11 Å². The molecule has 1 fully saturated rings. The van der Waals surface area contributed by atoms with E-state index in [-0.39, 0.29) is 12.5 Å². The zero-order valence-corrected chi connectivity index (χ0v) is 14.2. The Labute approximate surface area is 142 Å². The number of hydrogen-bond acceptors (Lipinski definition) is 4. The number of nitrogens with zero attached hydrogens (tertiary/aromatic N) is 2. The molecule has 1 aliphatic rings. The minimum Gasteiger partial charge on any atom is -0.495 e. The lowest BCUT2D eigenvalue weighted by molar-refractivity contribution is -0.116. The van der Waals surface area contributed by atoms with Crippen molar-refractivity contribution in [2.24, 2.45) is 0 Å². The lowest BCUT2D eigenvalue weighted by atomic mass is 10.2. The molecule has 4 nitrogen and oxygen atoms in total. The molecule has 0 spiro atoms. The monoisotopic (exact) mass is 352 g/mol. The highest BCUT2D eigenvalue weighted by Crippen LogP contribution is 2.34. The topological polar surface area (TPSA) is 32.8 Å². The normalized spacial score (nSPS) is 14.8. The number of rotatable bonds is 4. The maximum Gasteiger partial charge on any atom is 0.253 e. The molecular formula is C15H13ClN2O2S2. The van der Waals surface area contributed by atoms with Gasteiger partial charge in [-0.15, -0.1) is 11.3 Å². The summed E-state index contributed by atoms with van der Waals surface area (Å²) in [4.78, 5) is 16.9. The number of methoxy groups -OCH3 is 1. The van der Waals surface area contributed by atoms with Crippen molar-refractivity contribution in [3.63, 3.8) is 0 Å². The van der Waals surface area contributed by atoms with Crippen molar-refractivity contribution < 1.29 is 9.53 Å². The summed E-state index contributed by atoms with van der Waals surface area (Å²) in [5.41, 5.74) is 0.582. The molecule has 114 valence electrons. The quantitative estimate of drug-likeness (QED) is 0.788. The van der Waals surface area contributed by atoms with Gasteiger partial charge in [-0.05, 0) is 41.9 Å². The second-order valence-electron chi connectivity index (χ2n) is 4.76. The van der Waals surface area contributed by atoms with Crippen molar-refractivity contribution in [2.45, 2.75) is 6.54 Å². The zero-order chi connectivity index (χ0) is 15.7. The molecule has 3 rings (SSSR count). The molecule has 2 aromatic rings. The molecule has 0 bridgehead atoms. The first kappa shape index (κ1) is 15.3. The van der Waals surface area contributed by atoms with Gasteiger partial charge in [-0.25, -0.2) is 0 Å². The van der Waals surface area contributed by atoms with E-state index in [4.69, 9.17) is 28.6 Å². The Bertz CT molecular complexity index is 718. The van der Waals surface area contributed by atoms with Gasteiger partial charge in [0.25, 0.3) is 5.91 Å². The van der Waals surface area contributed by atoms with Crippen molar-refractivity contribution in [3.05, 3.63) is 45.6 Å². The van der Waals surface area contributed by atoms with Gasteiger partial charge in [-0.2, -0.15) is 0 Å². The van der Waals surface area contributed by atoms with Crippen LogP contribution in [0.1, 0.15) is 4.88 Å². The summed E-state index contributed by atoms with van der Waals surface area (Å²) in [7, 11) is 1.56. The van der Waals surface area contributed by atoms with Crippen LogP contribution in [0.15, 0.2) is 35.7 Å². The van der Waals surface area contributed by atoms with Gasteiger partial charge < -0.3 is 9.64 Å². The molecule has 1 aromatic carbocycles. The van der Waals surface area contributed by atoms with E-state index in [0.29, 0.717) is 28.1 Å². The van der Waals surface area contributed by atoms with Gasteiger partial charge in [0.1, 0.15) is 12.3 Å². The molecule has 0 N–H and O–H groups in total. The lowest BCUT2D eigenvalue weighted by Crippen LogP contribution is -2.32. The average molecular weight is 353 g/mol. The summed E-state index contributed by atoms with van der Waals surface area (Å²) in [6.45, 7) is 0.883. The molecule has 1 aliphatic heterocycles. The van der Waals surface area contributed by atoms with E-state index in [1.165, 1.54) is 4.90 Å². The van der Waals surface area contributed by atoms with E-state index in [1.807, 2.05) is 22.4 Å². The first-order valence-corrected chi connectivity index (χ1v) is 8.24. The maximum atomic E-state index is 12.4. The summed E-state index contributed by atoms with van der Waals surface area (Å²) in [5, 5.41) is 3.01. The molecule has 0 unspecified atom stereocenters. The minimum atomic E-state index is -0.0814. The second-order valence-corrected chi connectivity index (χ2v) is 6.60. The van der Waals surface area contributed by atoms with E-state index < -0.39 is 0 Å². The highest BCUT2D eigenvalue weighted by molar-refractivity contribution is 7.80. The Balaban J connectivity index is 1.90. The molecular weight excluding hydrogens is 340 g/mol. The Morgan fingerprint density at radius 1 is 1.41 bits per heavy atom. The van der Waals surface area contributed by atoms with Crippen molar-refractivity contribution in [2.75, 3.05) is 18.6 Å². The van der Waals surface area contributed by atoms with Crippen LogP contribution in [-0.4, -0.2) is 29.6 Å². The van der Waals surface area contributed by atoms with E-state index in [1.54, 1.807) is 36.6 Å². The lowest BCUT2D eigenvalue weighted by Gasteiger charge is -2.21. The molecule has 1 aromatic heterocycles. The summed E-state index contributed by atoms with van der Waals surface area (Å²) in [6.07, 6.45) is 0. The van der Waals surface area contributed by atoms with E-state index in [2.05, 4.69) is 0 Å². The van der Waals surface area contributed by atoms with Crippen LogP contribution in [0.25, 0.3) is 0 Å². The van der Waals surface area contributed by atoms with E-state index >= 15 is 0 Å². The third-order valence-electron chi connectivity index (χ3n) is 3.35. The molecule has 1 saturated heterocycles. The van der Waals surface area contributed by atoms with Gasteiger partial charge in [-0.1, -0.05) is 17.7 Å². The second kappa shape index (κ2) is 6.24. The van der Waals surface area contributed by atoms with Crippen LogP contribution in [0, 0.1) is 0 Å². The smallest absolute Gasteiger partial charge is 0.253 e. The average Bonchev–Trinajstić information content (AvgIpc) is 3.08. The van der Waals surface area contributed by atoms with Crippen LogP contribution in [0.3, 0.4) is 0 Å². The fraction of sp³-hybridized carbons (Fsp3) is 0.200. The van der Waals surface area contributed by atoms with Gasteiger partial charge in [0, 0.05) is 9.90 Å². The summed E-state index contributed by atoms with van der Waals surface area (Å²) in [5.74, 6) is 0.486. The van der Waals surface area contributed by atoms with Crippen LogP contribution in [0.5, 0.6) is 5.75 Å². The number of carbonyl (C=O) groups excluding carboxylic acids is 1. The number of anilines is 1. The molecule has 0 atom stereocenters. The maximum absolute atomic E-state index is 12.4. The highest BCUT2D eigenvalue weighted by atomic mass is 35.5. The van der Waals surface area contributed by atoms with Crippen molar-refractivity contribution in [1.82, 2.24) is 4.90 Å². The van der Waals surface area contributed by atoms with E-state index in [0.717, 1.165) is 4.88 Å². The highest BCUT2D eigenvalue weighted by Gasteiger charge is 2.35. The van der Waals surface area contributed by atoms with E-state index in [9.17, 15) is 4.79 Å². The van der Waals surface area contributed by atoms with Gasteiger partial charge in [0.05, 0.1) is 19.3 Å². The number of carbonyl (C=O) groups is 1. The summed E-state index contributed by atoms with van der Waals surface area (Å²) in [6, 6.07) is 9.16. The minimum absolute atomic E-state index is 0.0814. The third kappa shape index (κ3) is 2.82. The Morgan fingerprint density at radius 3 is 2.91 bits per heavy atom. The summed E-state index contributed by atoms with van der Waals surface area (Å²) >= 11 is 13.2. The number of benzene rings is 1. The van der Waals surface area contributed by atoms with Gasteiger partial charge in [0.2, 0.25) is 0 Å². The van der Waals surface area contributed by atoms with Crippen LogP contribution in [0.4, 0.5) is 5.69 Å². The summed E-state index contributed by atoms with van der Waals surface area (Å²) < 4.78 is 5.32. The Kier molecular flexibility index (Phi) is 4.33. The molecule has 0 saturated carbocycles. The standard InChI is InChI=1S/C15H13ClN2O2S2/c1-20-13-5-4-10(16)7-12(13)18-14(19)9-17(15(18)21)8-11-3-2-6-22-11/h2-7H,8-9H2,1H3. The first-order chi connectivity index (χ1) is 10.6. The predicted molar refractivity (Wildman–Crippen MR) is 92.8 cm³/mol. The number of thiophene rings is 1. The molecule has 0 radical (unpaired) electrons. The van der Waals surface area contributed by atoms with Gasteiger partial charge in [-0.3, -0.25) is 9.69 Å². The Morgan fingerprint density at radius 2 is 2.23 bits per heavy atom. The number of thiocarbonyl (C=S) groups is 1. The van der Waals surface area contributed by atoms with Crippen LogP contribution >= 0.6 is 35.2 Å². The van der Waals surface area contributed by atoms with Crippen LogP contribution in [0.2, 0.25) is 5.02 Å². The number of ether oxygens (including phenoxy) is 1. The number of halogens is 1. The Hall–Kier alpha value is -1.63. The van der Waals surface area contributed by atoms with Crippen molar-refractivity contribution in [3.8, 4) is 5.75 Å². The number of amides is 1. The zero-order valence-electron chi connectivity index (χ0n) is 11.8. The predicted octanol–water partition coefficient (Wildman–Crippen LogP) is 3.54. The molecule has 2 heterocycles. The number of hydrogen-bond donors (Lipinski definition) is 0.